The minimum Gasteiger partial charge on any atom is -0.508 e. The minimum atomic E-state index is -0.275. The van der Waals surface area contributed by atoms with Gasteiger partial charge in [0, 0.05) is 22.4 Å². The van der Waals surface area contributed by atoms with E-state index in [0.29, 0.717) is 5.75 Å². The number of aromatic hydroxyl groups is 1. The second-order valence-corrected chi connectivity index (χ2v) is 5.22. The first-order chi connectivity index (χ1) is 9.67. The Morgan fingerprint density at radius 1 is 0.950 bits per heavy atom. The van der Waals surface area contributed by atoms with Crippen LogP contribution >= 0.6 is 0 Å². The van der Waals surface area contributed by atoms with Crippen LogP contribution in [0.5, 0.6) is 5.75 Å². The summed E-state index contributed by atoms with van der Waals surface area (Å²) in [5, 5.41) is 13.4. The van der Waals surface area contributed by atoms with Crippen LogP contribution in [0.4, 0.5) is 5.69 Å². The van der Waals surface area contributed by atoms with Gasteiger partial charge in [0.15, 0.2) is 0 Å². The Morgan fingerprint density at radius 3 is 2.40 bits per heavy atom. The lowest BCUT2D eigenvalue weighted by Crippen LogP contribution is -2.14. The predicted octanol–water partition coefficient (Wildman–Crippen LogP) is 4.22. The van der Waals surface area contributed by atoms with Crippen molar-refractivity contribution in [2.75, 3.05) is 5.32 Å². The Balaban J connectivity index is 1.88. The molecule has 0 aromatic heterocycles. The lowest BCUT2D eigenvalue weighted by atomic mass is 9.83. The van der Waals surface area contributed by atoms with Crippen molar-refractivity contribution in [3.63, 3.8) is 0 Å². The molecule has 0 fully saturated rings. The second-order valence-electron chi connectivity index (χ2n) is 5.22. The maximum Gasteiger partial charge on any atom is 0.119 e. The summed E-state index contributed by atoms with van der Waals surface area (Å²) in [6, 6.07) is 17.5. The molecule has 2 N–H and O–H groups in total. The van der Waals surface area contributed by atoms with Gasteiger partial charge in [-0.25, -0.2) is 0 Å². The molecular formula is C18H17NO. The molecule has 0 aliphatic heterocycles. The van der Waals surface area contributed by atoms with Crippen molar-refractivity contribution in [2.24, 2.45) is 0 Å². The van der Waals surface area contributed by atoms with Crippen LogP contribution in [0.25, 0.3) is 0 Å². The summed E-state index contributed by atoms with van der Waals surface area (Å²) in [6.45, 7) is 2.10. The van der Waals surface area contributed by atoms with Crippen molar-refractivity contribution in [1.82, 2.24) is 0 Å². The molecule has 2 nitrogen and oxygen atoms in total. The molecule has 1 aliphatic carbocycles. The van der Waals surface area contributed by atoms with Crippen molar-refractivity contribution in [3.8, 4) is 5.75 Å². The van der Waals surface area contributed by atoms with Gasteiger partial charge in [0.1, 0.15) is 5.75 Å². The maximum atomic E-state index is 10.0. The fourth-order valence-electron chi connectivity index (χ4n) is 2.54. The Hall–Kier alpha value is -2.48. The van der Waals surface area contributed by atoms with Crippen LogP contribution in [0.15, 0.2) is 78.5 Å². The average molecular weight is 263 g/mol. The molecule has 0 heterocycles. The number of rotatable bonds is 3. The van der Waals surface area contributed by atoms with E-state index in [1.807, 2.05) is 48.5 Å². The van der Waals surface area contributed by atoms with E-state index in [1.54, 1.807) is 6.07 Å². The van der Waals surface area contributed by atoms with Gasteiger partial charge in [-0.3, -0.25) is 0 Å². The van der Waals surface area contributed by atoms with Gasteiger partial charge < -0.3 is 10.4 Å². The molecule has 3 rings (SSSR count). The first kappa shape index (κ1) is 12.5. The number of phenolic OH excluding ortho intramolecular Hbond substituents is 1. The molecular weight excluding hydrogens is 246 g/mol. The summed E-state index contributed by atoms with van der Waals surface area (Å²) < 4.78 is 0. The normalized spacial score (nSPS) is 20.8. The molecule has 0 saturated heterocycles. The monoisotopic (exact) mass is 263 g/mol. The SMILES string of the molecule is CC1(c2ccccc2O)C=CC(Nc2ccccc2)=C1. The Bertz CT molecular complexity index is 673. The Morgan fingerprint density at radius 2 is 1.65 bits per heavy atom. The molecule has 0 bridgehead atoms. The largest absolute Gasteiger partial charge is 0.508 e. The van der Waals surface area contributed by atoms with Crippen LogP contribution in [0.1, 0.15) is 12.5 Å². The van der Waals surface area contributed by atoms with Crippen LogP contribution in [0.3, 0.4) is 0 Å². The quantitative estimate of drug-likeness (QED) is 0.869. The zero-order valence-electron chi connectivity index (χ0n) is 11.4. The molecule has 20 heavy (non-hydrogen) atoms. The lowest BCUT2D eigenvalue weighted by Gasteiger charge is -2.21. The molecule has 2 heteroatoms. The highest BCUT2D eigenvalue weighted by atomic mass is 16.3. The number of hydrogen-bond donors (Lipinski definition) is 2. The molecule has 100 valence electrons. The van der Waals surface area contributed by atoms with Crippen molar-refractivity contribution >= 4 is 5.69 Å². The zero-order valence-corrected chi connectivity index (χ0v) is 11.4. The lowest BCUT2D eigenvalue weighted by molar-refractivity contribution is 0.461. The smallest absolute Gasteiger partial charge is 0.119 e. The van der Waals surface area contributed by atoms with Crippen molar-refractivity contribution < 1.29 is 5.11 Å². The van der Waals surface area contributed by atoms with Gasteiger partial charge in [0.25, 0.3) is 0 Å². The van der Waals surface area contributed by atoms with Crippen LogP contribution in [-0.4, -0.2) is 5.11 Å². The Labute approximate surface area is 119 Å². The zero-order chi connectivity index (χ0) is 14.0. The number of phenols is 1. The third kappa shape index (κ3) is 2.32. The highest BCUT2D eigenvalue weighted by Gasteiger charge is 2.27. The van der Waals surface area contributed by atoms with Crippen LogP contribution < -0.4 is 5.32 Å². The van der Waals surface area contributed by atoms with Gasteiger partial charge in [-0.2, -0.15) is 0 Å². The van der Waals surface area contributed by atoms with Gasteiger partial charge in [0.2, 0.25) is 0 Å². The third-order valence-corrected chi connectivity index (χ3v) is 3.61. The van der Waals surface area contributed by atoms with Crippen LogP contribution in [0, 0.1) is 0 Å². The van der Waals surface area contributed by atoms with Crippen molar-refractivity contribution in [3.05, 3.63) is 84.1 Å². The fraction of sp³-hybridized carbons (Fsp3) is 0.111. The number of hydrogen-bond acceptors (Lipinski definition) is 2. The second kappa shape index (κ2) is 4.89. The summed E-state index contributed by atoms with van der Waals surface area (Å²) in [7, 11) is 0. The third-order valence-electron chi connectivity index (χ3n) is 3.61. The first-order valence-electron chi connectivity index (χ1n) is 6.70. The fourth-order valence-corrected chi connectivity index (χ4v) is 2.54. The topological polar surface area (TPSA) is 32.3 Å². The molecule has 0 amide bonds. The summed E-state index contributed by atoms with van der Waals surface area (Å²) in [5.41, 5.74) is 2.75. The Kier molecular flexibility index (Phi) is 3.07. The van der Waals surface area contributed by atoms with Gasteiger partial charge in [-0.15, -0.1) is 0 Å². The number of nitrogens with one attached hydrogen (secondary N) is 1. The minimum absolute atomic E-state index is 0.275. The molecule has 0 spiro atoms. The number of allylic oxidation sites excluding steroid dienone is 3. The standard InChI is InChI=1S/C18H17NO/c1-18(16-9-5-6-10-17(16)20)12-11-15(13-18)19-14-7-3-2-4-8-14/h2-13,19-20H,1H3. The van der Waals surface area contributed by atoms with E-state index in [2.05, 4.69) is 30.5 Å². The summed E-state index contributed by atoms with van der Waals surface area (Å²) >= 11 is 0. The van der Waals surface area contributed by atoms with E-state index in [-0.39, 0.29) is 5.41 Å². The molecule has 1 aliphatic rings. The van der Waals surface area contributed by atoms with Crippen LogP contribution in [-0.2, 0) is 5.41 Å². The highest BCUT2D eigenvalue weighted by molar-refractivity contribution is 5.57. The first-order valence-corrected chi connectivity index (χ1v) is 6.70. The van der Waals surface area contributed by atoms with Gasteiger partial charge in [-0.1, -0.05) is 42.5 Å². The number of benzene rings is 2. The number of para-hydroxylation sites is 2. The summed E-state index contributed by atoms with van der Waals surface area (Å²) in [4.78, 5) is 0. The summed E-state index contributed by atoms with van der Waals surface area (Å²) in [5.74, 6) is 0.330. The summed E-state index contributed by atoms with van der Waals surface area (Å²) in [6.07, 6.45) is 6.29. The van der Waals surface area contributed by atoms with E-state index < -0.39 is 0 Å². The van der Waals surface area contributed by atoms with Crippen molar-refractivity contribution in [2.45, 2.75) is 12.3 Å². The number of anilines is 1. The van der Waals surface area contributed by atoms with Gasteiger partial charge in [-0.05, 0) is 37.3 Å². The molecule has 1 unspecified atom stereocenters. The van der Waals surface area contributed by atoms with Crippen molar-refractivity contribution in [1.29, 1.82) is 0 Å². The molecule has 2 aromatic rings. The van der Waals surface area contributed by atoms with Gasteiger partial charge in [0.05, 0.1) is 0 Å². The van der Waals surface area contributed by atoms with E-state index >= 15 is 0 Å². The molecule has 0 radical (unpaired) electrons. The molecule has 2 aromatic carbocycles. The van der Waals surface area contributed by atoms with Gasteiger partial charge >= 0.3 is 0 Å². The van der Waals surface area contributed by atoms with E-state index in [4.69, 9.17) is 0 Å². The highest BCUT2D eigenvalue weighted by Crippen LogP contribution is 2.38. The molecule has 0 saturated carbocycles. The van der Waals surface area contributed by atoms with Crippen LogP contribution in [0.2, 0.25) is 0 Å². The van der Waals surface area contributed by atoms with E-state index in [0.717, 1.165) is 16.9 Å². The predicted molar refractivity (Wildman–Crippen MR) is 82.7 cm³/mol. The van der Waals surface area contributed by atoms with E-state index in [1.165, 1.54) is 0 Å². The molecule has 1 atom stereocenters. The maximum absolute atomic E-state index is 10.0. The average Bonchev–Trinajstić information content (AvgIpc) is 2.83. The van der Waals surface area contributed by atoms with E-state index in [9.17, 15) is 5.11 Å².